The fourth-order valence-electron chi connectivity index (χ4n) is 1.68. The van der Waals surface area contributed by atoms with Crippen LogP contribution in [0.5, 0.6) is 5.75 Å². The van der Waals surface area contributed by atoms with Gasteiger partial charge < -0.3 is 4.74 Å². The van der Waals surface area contributed by atoms with Gasteiger partial charge in [0.25, 0.3) is 5.91 Å². The van der Waals surface area contributed by atoms with Gasteiger partial charge in [-0.05, 0) is 44.2 Å². The first kappa shape index (κ1) is 17.2. The highest BCUT2D eigenvalue weighted by Crippen LogP contribution is 2.28. The Bertz CT molecular complexity index is 721. The van der Waals surface area contributed by atoms with Crippen molar-refractivity contribution >= 4 is 34.8 Å². The third-order valence-corrected chi connectivity index (χ3v) is 3.47. The second-order valence-electron chi connectivity index (χ2n) is 4.72. The number of rotatable bonds is 5. The molecular weight excluding hydrogens is 337 g/mol. The van der Waals surface area contributed by atoms with Crippen LogP contribution in [0, 0.1) is 0 Å². The Labute approximate surface area is 144 Å². The molecule has 0 radical (unpaired) electrons. The normalized spacial score (nSPS) is 12.6. The van der Waals surface area contributed by atoms with Gasteiger partial charge in [0.15, 0.2) is 6.10 Å². The number of hydrazone groups is 1. The maximum Gasteiger partial charge on any atom is 0.280 e. The monoisotopic (exact) mass is 351 g/mol. The molecule has 1 heterocycles. The van der Waals surface area contributed by atoms with Gasteiger partial charge in [-0.2, -0.15) is 5.10 Å². The van der Waals surface area contributed by atoms with E-state index in [1.807, 2.05) is 6.07 Å². The smallest absolute Gasteiger partial charge is 0.280 e. The predicted octanol–water partition coefficient (Wildman–Crippen LogP) is 3.70. The molecule has 1 atom stereocenters. The van der Waals surface area contributed by atoms with Gasteiger partial charge in [-0.25, -0.2) is 5.43 Å². The first-order chi connectivity index (χ1) is 11.0. The van der Waals surface area contributed by atoms with Crippen molar-refractivity contribution < 1.29 is 9.53 Å². The Morgan fingerprint density at radius 1 is 1.30 bits per heavy atom. The third-order valence-electron chi connectivity index (χ3n) is 2.94. The number of amides is 1. The van der Waals surface area contributed by atoms with Crippen molar-refractivity contribution in [2.24, 2.45) is 5.10 Å². The van der Waals surface area contributed by atoms with E-state index in [2.05, 4.69) is 15.5 Å². The summed E-state index contributed by atoms with van der Waals surface area (Å²) in [7, 11) is 0. The molecular formula is C16H15Cl2N3O2. The SMILES string of the molecule is C/C(=N/NC(=O)C(C)Oc1ccc(Cl)cc1Cl)c1ccccn1. The highest BCUT2D eigenvalue weighted by Gasteiger charge is 2.16. The van der Waals surface area contributed by atoms with Crippen LogP contribution in [0.4, 0.5) is 0 Å². The molecule has 7 heteroatoms. The second-order valence-corrected chi connectivity index (χ2v) is 5.57. The van der Waals surface area contributed by atoms with E-state index in [9.17, 15) is 4.79 Å². The largest absolute Gasteiger partial charge is 0.479 e. The molecule has 0 aliphatic rings. The number of carbonyl (C=O) groups excluding carboxylic acids is 1. The number of hydrogen-bond donors (Lipinski definition) is 1. The quantitative estimate of drug-likeness (QED) is 0.659. The highest BCUT2D eigenvalue weighted by molar-refractivity contribution is 6.35. The summed E-state index contributed by atoms with van der Waals surface area (Å²) in [4.78, 5) is 16.2. The van der Waals surface area contributed by atoms with Crippen LogP contribution in [0.1, 0.15) is 19.5 Å². The minimum absolute atomic E-state index is 0.338. The Morgan fingerprint density at radius 2 is 2.09 bits per heavy atom. The molecule has 2 aromatic rings. The summed E-state index contributed by atoms with van der Waals surface area (Å²) in [6.45, 7) is 3.36. The highest BCUT2D eigenvalue weighted by atomic mass is 35.5. The molecule has 120 valence electrons. The minimum atomic E-state index is -0.769. The summed E-state index contributed by atoms with van der Waals surface area (Å²) in [6, 6.07) is 10.2. The number of nitrogens with zero attached hydrogens (tertiary/aromatic N) is 2. The van der Waals surface area contributed by atoms with E-state index in [1.54, 1.807) is 50.4 Å². The molecule has 23 heavy (non-hydrogen) atoms. The summed E-state index contributed by atoms with van der Waals surface area (Å²) < 4.78 is 5.51. The Kier molecular flexibility index (Phi) is 5.96. The van der Waals surface area contributed by atoms with E-state index in [0.717, 1.165) is 0 Å². The van der Waals surface area contributed by atoms with E-state index in [4.69, 9.17) is 27.9 Å². The molecule has 1 amide bonds. The number of aromatic nitrogens is 1. The van der Waals surface area contributed by atoms with Gasteiger partial charge in [0.05, 0.1) is 16.4 Å². The number of ether oxygens (including phenoxy) is 1. The molecule has 0 saturated heterocycles. The van der Waals surface area contributed by atoms with Crippen LogP contribution in [0.2, 0.25) is 10.0 Å². The van der Waals surface area contributed by atoms with E-state index in [1.165, 1.54) is 0 Å². The lowest BCUT2D eigenvalue weighted by Crippen LogP contribution is -2.34. The average molecular weight is 352 g/mol. The number of nitrogens with one attached hydrogen (secondary N) is 1. The molecule has 0 fully saturated rings. The van der Waals surface area contributed by atoms with Gasteiger partial charge in [0, 0.05) is 11.2 Å². The molecule has 0 spiro atoms. The van der Waals surface area contributed by atoms with Crippen LogP contribution in [-0.4, -0.2) is 22.7 Å². The van der Waals surface area contributed by atoms with Crippen molar-refractivity contribution in [2.75, 3.05) is 0 Å². The van der Waals surface area contributed by atoms with E-state index >= 15 is 0 Å². The van der Waals surface area contributed by atoms with Crippen molar-refractivity contribution in [3.63, 3.8) is 0 Å². The van der Waals surface area contributed by atoms with Crippen LogP contribution in [0.15, 0.2) is 47.7 Å². The van der Waals surface area contributed by atoms with Gasteiger partial charge in [0.1, 0.15) is 5.75 Å². The van der Waals surface area contributed by atoms with Crippen molar-refractivity contribution in [2.45, 2.75) is 20.0 Å². The Balaban J connectivity index is 1.97. The van der Waals surface area contributed by atoms with Gasteiger partial charge in [0.2, 0.25) is 0 Å². The molecule has 1 N–H and O–H groups in total. The Hall–Kier alpha value is -2.11. The fourth-order valence-corrected chi connectivity index (χ4v) is 2.13. The summed E-state index contributed by atoms with van der Waals surface area (Å²) in [5.41, 5.74) is 3.72. The third kappa shape index (κ3) is 4.94. The lowest BCUT2D eigenvalue weighted by atomic mass is 10.3. The van der Waals surface area contributed by atoms with Crippen LogP contribution in [-0.2, 0) is 4.79 Å². The summed E-state index contributed by atoms with van der Waals surface area (Å²) in [5, 5.41) is 4.85. The van der Waals surface area contributed by atoms with Crippen LogP contribution < -0.4 is 10.2 Å². The standard InChI is InChI=1S/C16H15Cl2N3O2/c1-10(14-5-3-4-8-19-14)20-21-16(22)11(2)23-15-7-6-12(17)9-13(15)18/h3-9,11H,1-2H3,(H,21,22)/b20-10-. The first-order valence-electron chi connectivity index (χ1n) is 6.84. The van der Waals surface area contributed by atoms with Crippen molar-refractivity contribution in [1.82, 2.24) is 10.4 Å². The molecule has 5 nitrogen and oxygen atoms in total. The van der Waals surface area contributed by atoms with Crippen molar-refractivity contribution in [1.29, 1.82) is 0 Å². The maximum atomic E-state index is 12.0. The number of halogens is 2. The lowest BCUT2D eigenvalue weighted by Gasteiger charge is -2.14. The molecule has 1 aromatic carbocycles. The van der Waals surface area contributed by atoms with Gasteiger partial charge >= 0.3 is 0 Å². The zero-order chi connectivity index (χ0) is 16.8. The average Bonchev–Trinajstić information content (AvgIpc) is 2.55. The summed E-state index contributed by atoms with van der Waals surface area (Å²) >= 11 is 11.8. The van der Waals surface area contributed by atoms with E-state index < -0.39 is 12.0 Å². The molecule has 1 unspecified atom stereocenters. The van der Waals surface area contributed by atoms with Gasteiger partial charge in [-0.1, -0.05) is 29.3 Å². The zero-order valence-corrected chi connectivity index (χ0v) is 14.1. The van der Waals surface area contributed by atoms with Gasteiger partial charge in [-0.3, -0.25) is 9.78 Å². The maximum absolute atomic E-state index is 12.0. The molecule has 1 aromatic heterocycles. The first-order valence-corrected chi connectivity index (χ1v) is 7.60. The lowest BCUT2D eigenvalue weighted by molar-refractivity contribution is -0.127. The Morgan fingerprint density at radius 3 is 2.74 bits per heavy atom. The summed E-state index contributed by atoms with van der Waals surface area (Å²) in [5.74, 6) is -0.0181. The van der Waals surface area contributed by atoms with Crippen LogP contribution in [0.3, 0.4) is 0 Å². The summed E-state index contributed by atoms with van der Waals surface area (Å²) in [6.07, 6.45) is 0.888. The van der Waals surface area contributed by atoms with Crippen molar-refractivity contribution in [3.8, 4) is 5.75 Å². The fraction of sp³-hybridized carbons (Fsp3) is 0.188. The van der Waals surface area contributed by atoms with E-state index in [0.29, 0.717) is 27.2 Å². The molecule has 0 aliphatic heterocycles. The number of pyridine rings is 1. The number of benzene rings is 1. The zero-order valence-electron chi connectivity index (χ0n) is 12.6. The molecule has 0 bridgehead atoms. The van der Waals surface area contributed by atoms with E-state index in [-0.39, 0.29) is 0 Å². The van der Waals surface area contributed by atoms with Gasteiger partial charge in [-0.15, -0.1) is 0 Å². The molecule has 2 rings (SSSR count). The number of hydrogen-bond acceptors (Lipinski definition) is 4. The van der Waals surface area contributed by atoms with Crippen LogP contribution in [0.25, 0.3) is 0 Å². The minimum Gasteiger partial charge on any atom is -0.479 e. The molecule has 0 saturated carbocycles. The van der Waals surface area contributed by atoms with Crippen LogP contribution >= 0.6 is 23.2 Å². The molecule has 0 aliphatic carbocycles. The topological polar surface area (TPSA) is 63.6 Å². The van der Waals surface area contributed by atoms with Crippen molar-refractivity contribution in [3.05, 3.63) is 58.3 Å². The number of carbonyl (C=O) groups is 1. The predicted molar refractivity (Wildman–Crippen MR) is 91.1 cm³/mol. The second kappa shape index (κ2) is 7.94.